The van der Waals surface area contributed by atoms with Gasteiger partial charge in [0.2, 0.25) is 11.8 Å². The van der Waals surface area contributed by atoms with Gasteiger partial charge in [-0.25, -0.2) is 0 Å². The second-order valence-electron chi connectivity index (χ2n) is 6.65. The molecule has 0 bridgehead atoms. The van der Waals surface area contributed by atoms with Crippen LogP contribution in [-0.4, -0.2) is 56.5 Å². The molecule has 2 aromatic rings. The average Bonchev–Trinajstić information content (AvgIpc) is 2.73. The summed E-state index contributed by atoms with van der Waals surface area (Å²) in [5.41, 5.74) is 1.98. The predicted molar refractivity (Wildman–Crippen MR) is 110 cm³/mol. The third kappa shape index (κ3) is 5.39. The molecule has 1 saturated heterocycles. The molecule has 1 aliphatic rings. The summed E-state index contributed by atoms with van der Waals surface area (Å²) < 4.78 is 5.10. The molecule has 28 heavy (non-hydrogen) atoms. The number of rotatable bonds is 6. The highest BCUT2D eigenvalue weighted by Crippen LogP contribution is 2.19. The van der Waals surface area contributed by atoms with Gasteiger partial charge in [0.05, 0.1) is 20.1 Å². The molecule has 2 aromatic carbocycles. The molecule has 3 rings (SSSR count). The van der Waals surface area contributed by atoms with E-state index in [1.165, 1.54) is 0 Å². The second-order valence-corrected chi connectivity index (χ2v) is 7.08. The van der Waals surface area contributed by atoms with Crippen molar-refractivity contribution in [2.45, 2.75) is 6.42 Å². The summed E-state index contributed by atoms with van der Waals surface area (Å²) in [6.45, 7) is 2.81. The van der Waals surface area contributed by atoms with Crippen molar-refractivity contribution < 1.29 is 14.3 Å². The molecule has 1 fully saturated rings. The van der Waals surface area contributed by atoms with Gasteiger partial charge in [0.1, 0.15) is 5.75 Å². The molecule has 0 spiro atoms. The van der Waals surface area contributed by atoms with Crippen molar-refractivity contribution in [3.63, 3.8) is 0 Å². The lowest BCUT2D eigenvalue weighted by Crippen LogP contribution is -2.51. The van der Waals surface area contributed by atoms with Gasteiger partial charge >= 0.3 is 0 Å². The number of hydrogen-bond acceptors (Lipinski definition) is 4. The molecule has 7 heteroatoms. The lowest BCUT2D eigenvalue weighted by Gasteiger charge is -2.36. The molecule has 0 aromatic heterocycles. The van der Waals surface area contributed by atoms with Crippen LogP contribution in [0.2, 0.25) is 5.02 Å². The summed E-state index contributed by atoms with van der Waals surface area (Å²) in [5.74, 6) is 0.522. The molecule has 1 aliphatic heterocycles. The van der Waals surface area contributed by atoms with Gasteiger partial charge in [0.25, 0.3) is 0 Å². The smallest absolute Gasteiger partial charge is 0.242 e. The van der Waals surface area contributed by atoms with Crippen LogP contribution in [0.3, 0.4) is 0 Å². The third-order valence-electron chi connectivity index (χ3n) is 4.78. The first-order chi connectivity index (χ1) is 13.5. The van der Waals surface area contributed by atoms with Crippen molar-refractivity contribution in [2.75, 3.05) is 44.7 Å². The van der Waals surface area contributed by atoms with Crippen molar-refractivity contribution >= 4 is 29.1 Å². The summed E-state index contributed by atoms with van der Waals surface area (Å²) in [4.78, 5) is 28.5. The standard InChI is InChI=1S/C21H24ClN3O3/c1-28-19-8-2-16(3-9-19)14-20(26)23-15-21(27)25-12-10-24(11-13-25)18-6-4-17(22)5-7-18/h2-9H,10-15H2,1H3,(H,23,26). The van der Waals surface area contributed by atoms with Crippen LogP contribution in [0.25, 0.3) is 0 Å². The topological polar surface area (TPSA) is 61.9 Å². The summed E-state index contributed by atoms with van der Waals surface area (Å²) >= 11 is 5.93. The summed E-state index contributed by atoms with van der Waals surface area (Å²) in [7, 11) is 1.60. The minimum atomic E-state index is -0.168. The van der Waals surface area contributed by atoms with Crippen molar-refractivity contribution in [1.29, 1.82) is 0 Å². The van der Waals surface area contributed by atoms with Gasteiger partial charge in [-0.3, -0.25) is 9.59 Å². The number of amides is 2. The summed E-state index contributed by atoms with van der Waals surface area (Å²) in [6.07, 6.45) is 0.238. The van der Waals surface area contributed by atoms with Gasteiger partial charge in [-0.2, -0.15) is 0 Å². The number of carbonyl (C=O) groups is 2. The van der Waals surface area contributed by atoms with Crippen LogP contribution in [0.5, 0.6) is 5.75 Å². The third-order valence-corrected chi connectivity index (χ3v) is 5.04. The Labute approximate surface area is 170 Å². The number of piperazine rings is 1. The Hall–Kier alpha value is -2.73. The average molecular weight is 402 g/mol. The molecule has 1 heterocycles. The minimum absolute atomic E-state index is 0.0237. The fraction of sp³-hybridized carbons (Fsp3) is 0.333. The van der Waals surface area contributed by atoms with Gasteiger partial charge in [-0.1, -0.05) is 23.7 Å². The first kappa shape index (κ1) is 20.0. The van der Waals surface area contributed by atoms with E-state index in [2.05, 4.69) is 10.2 Å². The summed E-state index contributed by atoms with van der Waals surface area (Å²) in [5, 5.41) is 3.43. The number of carbonyl (C=O) groups excluding carboxylic acids is 2. The Morgan fingerprint density at radius 3 is 2.25 bits per heavy atom. The Bertz CT molecular complexity index is 801. The van der Waals surface area contributed by atoms with Crippen LogP contribution in [-0.2, 0) is 16.0 Å². The Morgan fingerprint density at radius 2 is 1.64 bits per heavy atom. The maximum absolute atomic E-state index is 12.4. The number of nitrogens with one attached hydrogen (secondary N) is 1. The zero-order valence-corrected chi connectivity index (χ0v) is 16.6. The molecule has 0 aliphatic carbocycles. The highest BCUT2D eigenvalue weighted by atomic mass is 35.5. The van der Waals surface area contributed by atoms with Crippen LogP contribution in [0, 0.1) is 0 Å². The van der Waals surface area contributed by atoms with Crippen LogP contribution in [0.1, 0.15) is 5.56 Å². The molecule has 0 saturated carbocycles. The lowest BCUT2D eigenvalue weighted by atomic mass is 10.1. The molecular weight excluding hydrogens is 378 g/mol. The van der Waals surface area contributed by atoms with Crippen molar-refractivity contribution in [2.24, 2.45) is 0 Å². The highest BCUT2D eigenvalue weighted by Gasteiger charge is 2.21. The van der Waals surface area contributed by atoms with Crippen molar-refractivity contribution in [3.05, 3.63) is 59.1 Å². The largest absolute Gasteiger partial charge is 0.497 e. The number of halogens is 1. The molecule has 0 unspecified atom stereocenters. The molecular formula is C21H24ClN3O3. The molecule has 2 amide bonds. The number of methoxy groups -OCH3 is 1. The molecule has 1 N–H and O–H groups in total. The van der Waals surface area contributed by atoms with Gasteiger partial charge in [-0.15, -0.1) is 0 Å². The van der Waals surface area contributed by atoms with E-state index in [-0.39, 0.29) is 24.8 Å². The first-order valence-electron chi connectivity index (χ1n) is 9.23. The second kappa shape index (κ2) is 9.46. The van der Waals surface area contributed by atoms with E-state index in [1.807, 2.05) is 48.5 Å². The van der Waals surface area contributed by atoms with Crippen LogP contribution in [0.15, 0.2) is 48.5 Å². The van der Waals surface area contributed by atoms with E-state index in [4.69, 9.17) is 16.3 Å². The predicted octanol–water partition coefficient (Wildman–Crippen LogP) is 2.36. The normalized spacial score (nSPS) is 13.9. The van der Waals surface area contributed by atoms with Crippen molar-refractivity contribution in [1.82, 2.24) is 10.2 Å². The van der Waals surface area contributed by atoms with Crippen LogP contribution in [0.4, 0.5) is 5.69 Å². The van der Waals surface area contributed by atoms with E-state index in [0.717, 1.165) is 30.1 Å². The van der Waals surface area contributed by atoms with Gasteiger partial charge in [-0.05, 0) is 42.0 Å². The monoisotopic (exact) mass is 401 g/mol. The molecule has 6 nitrogen and oxygen atoms in total. The van der Waals surface area contributed by atoms with Crippen molar-refractivity contribution in [3.8, 4) is 5.75 Å². The number of benzene rings is 2. The fourth-order valence-corrected chi connectivity index (χ4v) is 3.27. The molecule has 0 atom stereocenters. The van der Waals surface area contributed by atoms with Crippen LogP contribution < -0.4 is 15.0 Å². The quantitative estimate of drug-likeness (QED) is 0.807. The number of nitrogens with zero attached hydrogens (tertiary/aromatic N) is 2. The van der Waals surface area contributed by atoms with E-state index in [0.29, 0.717) is 18.1 Å². The molecule has 148 valence electrons. The number of hydrogen-bond donors (Lipinski definition) is 1. The summed E-state index contributed by atoms with van der Waals surface area (Å²) in [6, 6.07) is 15.0. The Morgan fingerprint density at radius 1 is 1.00 bits per heavy atom. The van der Waals surface area contributed by atoms with E-state index >= 15 is 0 Å². The maximum atomic E-state index is 12.4. The lowest BCUT2D eigenvalue weighted by molar-refractivity contribution is -0.133. The SMILES string of the molecule is COc1ccc(CC(=O)NCC(=O)N2CCN(c3ccc(Cl)cc3)CC2)cc1. The van der Waals surface area contributed by atoms with Gasteiger partial charge in [0, 0.05) is 36.9 Å². The first-order valence-corrected chi connectivity index (χ1v) is 9.61. The van der Waals surface area contributed by atoms with E-state index < -0.39 is 0 Å². The van der Waals surface area contributed by atoms with E-state index in [1.54, 1.807) is 12.0 Å². The van der Waals surface area contributed by atoms with Gasteiger partial charge < -0.3 is 19.9 Å². The highest BCUT2D eigenvalue weighted by molar-refractivity contribution is 6.30. The fourth-order valence-electron chi connectivity index (χ4n) is 3.14. The minimum Gasteiger partial charge on any atom is -0.497 e. The molecule has 0 radical (unpaired) electrons. The van der Waals surface area contributed by atoms with Gasteiger partial charge in [0.15, 0.2) is 0 Å². The number of anilines is 1. The Balaban J connectivity index is 1.41. The Kier molecular flexibility index (Phi) is 6.76. The zero-order chi connectivity index (χ0) is 19.9. The number of ether oxygens (including phenoxy) is 1. The maximum Gasteiger partial charge on any atom is 0.242 e. The zero-order valence-electron chi connectivity index (χ0n) is 15.9. The van der Waals surface area contributed by atoms with Crippen LogP contribution >= 0.6 is 11.6 Å². The van der Waals surface area contributed by atoms with E-state index in [9.17, 15) is 9.59 Å².